The number of likely N-dealkylation sites (tertiary alicyclic amines) is 1. The van der Waals surface area contributed by atoms with Gasteiger partial charge in [-0.3, -0.25) is 19.0 Å². The van der Waals surface area contributed by atoms with E-state index in [1.807, 2.05) is 0 Å². The fourth-order valence-electron chi connectivity index (χ4n) is 4.49. The van der Waals surface area contributed by atoms with Gasteiger partial charge in [-0.2, -0.15) is 0 Å². The van der Waals surface area contributed by atoms with Crippen LogP contribution in [0.15, 0.2) is 35.3 Å². The molecule has 1 aromatic heterocycles. The summed E-state index contributed by atoms with van der Waals surface area (Å²) in [6.07, 6.45) is 5.34. The normalized spacial score (nSPS) is 16.1. The molecule has 0 aliphatic carbocycles. The van der Waals surface area contributed by atoms with Crippen LogP contribution in [0, 0.1) is 5.82 Å². The summed E-state index contributed by atoms with van der Waals surface area (Å²) in [5, 5.41) is 0. The lowest BCUT2D eigenvalue weighted by atomic mass is 9.95. The molecule has 3 heterocycles. The van der Waals surface area contributed by atoms with Crippen molar-refractivity contribution < 1.29 is 18.7 Å². The van der Waals surface area contributed by atoms with Crippen LogP contribution < -0.4 is 5.56 Å². The zero-order valence-electron chi connectivity index (χ0n) is 18.3. The Hall–Kier alpha value is -3.00. The molecule has 1 saturated heterocycles. The van der Waals surface area contributed by atoms with Gasteiger partial charge in [0.05, 0.1) is 13.0 Å². The Balaban J connectivity index is 1.77. The van der Waals surface area contributed by atoms with Gasteiger partial charge in [-0.15, -0.1) is 0 Å². The first-order valence-corrected chi connectivity index (χ1v) is 11.1. The lowest BCUT2D eigenvalue weighted by Crippen LogP contribution is -2.43. The van der Waals surface area contributed by atoms with Crippen LogP contribution in [-0.2, 0) is 22.5 Å². The molecule has 0 radical (unpaired) electrons. The molecule has 170 valence electrons. The number of rotatable bonds is 5. The lowest BCUT2D eigenvalue weighted by molar-refractivity contribution is -0.133. The summed E-state index contributed by atoms with van der Waals surface area (Å²) < 4.78 is 19.9. The molecule has 1 fully saturated rings. The molecule has 7 nitrogen and oxygen atoms in total. The molecule has 0 saturated carbocycles. The predicted octanol–water partition coefficient (Wildman–Crippen LogP) is 2.52. The number of pyridine rings is 1. The maximum Gasteiger partial charge on any atom is 0.268 e. The van der Waals surface area contributed by atoms with Crippen LogP contribution in [-0.4, -0.2) is 59.5 Å². The highest BCUT2D eigenvalue weighted by Crippen LogP contribution is 2.24. The van der Waals surface area contributed by atoms with E-state index in [1.54, 1.807) is 23.1 Å². The molecule has 1 aromatic carbocycles. The molecule has 0 spiro atoms. The van der Waals surface area contributed by atoms with Crippen LogP contribution in [0.4, 0.5) is 4.39 Å². The molecule has 8 heteroatoms. The fraction of sp³-hybridized carbons (Fsp3) is 0.458. The number of halogens is 1. The summed E-state index contributed by atoms with van der Waals surface area (Å²) >= 11 is 0. The minimum absolute atomic E-state index is 0.0269. The molecule has 4 rings (SSSR count). The van der Waals surface area contributed by atoms with Crippen LogP contribution in [0.1, 0.15) is 47.2 Å². The monoisotopic (exact) mass is 441 g/mol. The largest absolute Gasteiger partial charge is 0.384 e. The second-order valence-corrected chi connectivity index (χ2v) is 8.32. The third kappa shape index (κ3) is 4.46. The number of amides is 2. The molecule has 2 aliphatic heterocycles. The third-order valence-corrected chi connectivity index (χ3v) is 6.23. The molecular formula is C24H28FN3O4. The number of hydrogen-bond acceptors (Lipinski definition) is 4. The second kappa shape index (κ2) is 9.65. The average molecular weight is 442 g/mol. The van der Waals surface area contributed by atoms with Crippen molar-refractivity contribution in [2.45, 2.75) is 38.6 Å². The number of ether oxygens (including phenoxy) is 1. The van der Waals surface area contributed by atoms with Gasteiger partial charge in [0.25, 0.3) is 11.5 Å². The lowest BCUT2D eigenvalue weighted by Gasteiger charge is -2.32. The van der Waals surface area contributed by atoms with Crippen LogP contribution in [0.2, 0.25) is 0 Å². The Kier molecular flexibility index (Phi) is 6.69. The van der Waals surface area contributed by atoms with Crippen LogP contribution >= 0.6 is 0 Å². The second-order valence-electron chi connectivity index (χ2n) is 8.32. The van der Waals surface area contributed by atoms with E-state index in [9.17, 15) is 18.8 Å². The molecular weight excluding hydrogens is 413 g/mol. The van der Waals surface area contributed by atoms with Gasteiger partial charge in [0.1, 0.15) is 11.4 Å². The van der Waals surface area contributed by atoms with Crippen molar-refractivity contribution in [3.05, 3.63) is 63.3 Å². The summed E-state index contributed by atoms with van der Waals surface area (Å²) in [5.41, 5.74) is 1.75. The predicted molar refractivity (Wildman–Crippen MR) is 117 cm³/mol. The van der Waals surface area contributed by atoms with Gasteiger partial charge in [-0.1, -0.05) is 0 Å². The maximum absolute atomic E-state index is 13.5. The standard InChI is InChI=1S/C24H28FN3O4/c1-32-14-10-21(29)27-13-9-20-17(15-27)16-28(19-7-5-18(25)6-8-19)24(31)22(20)23(30)26-11-3-2-4-12-26/h5-8,16H,2-4,9-15H2,1H3. The number of carbonyl (C=O) groups excluding carboxylic acids is 2. The minimum Gasteiger partial charge on any atom is -0.384 e. The average Bonchev–Trinajstić information content (AvgIpc) is 2.82. The fourth-order valence-corrected chi connectivity index (χ4v) is 4.49. The SMILES string of the molecule is COCCC(=O)N1CCc2c(cn(-c3ccc(F)cc3)c(=O)c2C(=O)N2CCCCC2)C1. The number of fused-ring (bicyclic) bond motifs is 1. The van der Waals surface area contributed by atoms with E-state index in [0.717, 1.165) is 30.4 Å². The number of methoxy groups -OCH3 is 1. The molecule has 0 atom stereocenters. The van der Waals surface area contributed by atoms with Crippen molar-refractivity contribution in [1.82, 2.24) is 14.4 Å². The van der Waals surface area contributed by atoms with Gasteiger partial charge < -0.3 is 14.5 Å². The Morgan fingerprint density at radius 3 is 2.44 bits per heavy atom. The van der Waals surface area contributed by atoms with E-state index in [2.05, 4.69) is 0 Å². The Morgan fingerprint density at radius 2 is 1.75 bits per heavy atom. The van der Waals surface area contributed by atoms with Crippen molar-refractivity contribution in [2.75, 3.05) is 33.4 Å². The summed E-state index contributed by atoms with van der Waals surface area (Å²) in [7, 11) is 1.55. The summed E-state index contributed by atoms with van der Waals surface area (Å²) in [6.45, 7) is 2.39. The van der Waals surface area contributed by atoms with Gasteiger partial charge in [-0.25, -0.2) is 4.39 Å². The summed E-state index contributed by atoms with van der Waals surface area (Å²) in [6, 6.07) is 5.60. The van der Waals surface area contributed by atoms with Crippen molar-refractivity contribution in [1.29, 1.82) is 0 Å². The van der Waals surface area contributed by atoms with Crippen molar-refractivity contribution >= 4 is 11.8 Å². The van der Waals surface area contributed by atoms with Crippen LogP contribution in [0.3, 0.4) is 0 Å². The van der Waals surface area contributed by atoms with Gasteiger partial charge >= 0.3 is 0 Å². The quantitative estimate of drug-likeness (QED) is 0.715. The first-order chi connectivity index (χ1) is 15.5. The number of hydrogen-bond donors (Lipinski definition) is 0. The van der Waals surface area contributed by atoms with Crippen molar-refractivity contribution in [3.63, 3.8) is 0 Å². The van der Waals surface area contributed by atoms with Crippen LogP contribution in [0.25, 0.3) is 5.69 Å². The highest BCUT2D eigenvalue weighted by molar-refractivity contribution is 5.96. The Bertz CT molecular complexity index is 1060. The Morgan fingerprint density at radius 1 is 1.03 bits per heavy atom. The molecule has 2 aromatic rings. The zero-order chi connectivity index (χ0) is 22.7. The number of piperidine rings is 1. The number of nitrogens with zero attached hydrogens (tertiary/aromatic N) is 3. The van der Waals surface area contributed by atoms with E-state index in [1.165, 1.54) is 28.8 Å². The first-order valence-electron chi connectivity index (χ1n) is 11.1. The van der Waals surface area contributed by atoms with Gasteiger partial charge in [-0.05, 0) is 61.1 Å². The zero-order valence-corrected chi connectivity index (χ0v) is 18.3. The first kappa shape index (κ1) is 22.2. The topological polar surface area (TPSA) is 71.8 Å². The highest BCUT2D eigenvalue weighted by Gasteiger charge is 2.30. The summed E-state index contributed by atoms with van der Waals surface area (Å²) in [5.74, 6) is -0.679. The number of carbonyl (C=O) groups is 2. The molecule has 2 amide bonds. The molecule has 0 bridgehead atoms. The van der Waals surface area contributed by atoms with E-state index in [-0.39, 0.29) is 23.8 Å². The third-order valence-electron chi connectivity index (χ3n) is 6.23. The van der Waals surface area contributed by atoms with E-state index >= 15 is 0 Å². The van der Waals surface area contributed by atoms with Gasteiger partial charge in [0, 0.05) is 45.2 Å². The Labute approximate surface area is 186 Å². The molecule has 32 heavy (non-hydrogen) atoms. The molecule has 0 unspecified atom stereocenters. The van der Waals surface area contributed by atoms with Gasteiger partial charge in [0.15, 0.2) is 0 Å². The van der Waals surface area contributed by atoms with E-state index in [0.29, 0.717) is 44.9 Å². The van der Waals surface area contributed by atoms with E-state index in [4.69, 9.17) is 4.74 Å². The number of benzene rings is 1. The van der Waals surface area contributed by atoms with Gasteiger partial charge in [0.2, 0.25) is 5.91 Å². The van der Waals surface area contributed by atoms with E-state index < -0.39 is 11.4 Å². The smallest absolute Gasteiger partial charge is 0.268 e. The molecule has 0 N–H and O–H groups in total. The maximum atomic E-state index is 13.5. The molecule has 2 aliphatic rings. The van der Waals surface area contributed by atoms with Crippen molar-refractivity contribution in [2.24, 2.45) is 0 Å². The van der Waals surface area contributed by atoms with Crippen LogP contribution in [0.5, 0.6) is 0 Å². The summed E-state index contributed by atoms with van der Waals surface area (Å²) in [4.78, 5) is 43.0. The minimum atomic E-state index is -0.403. The number of aromatic nitrogens is 1. The van der Waals surface area contributed by atoms with Crippen molar-refractivity contribution in [3.8, 4) is 5.69 Å². The highest BCUT2D eigenvalue weighted by atomic mass is 19.1.